The zero-order valence-corrected chi connectivity index (χ0v) is 16.9. The van der Waals surface area contributed by atoms with Gasteiger partial charge in [0.1, 0.15) is 23.0 Å². The molecule has 2 aromatic heterocycles. The second-order valence-corrected chi connectivity index (χ2v) is 7.62. The molecule has 8 heteroatoms. The van der Waals surface area contributed by atoms with Crippen molar-refractivity contribution in [3.8, 4) is 10.4 Å². The highest BCUT2D eigenvalue weighted by molar-refractivity contribution is 7.21. The Morgan fingerprint density at radius 1 is 1.03 bits per heavy atom. The summed E-state index contributed by atoms with van der Waals surface area (Å²) in [5, 5.41) is 15.2. The lowest BCUT2D eigenvalue weighted by Gasteiger charge is -2.08. The van der Waals surface area contributed by atoms with E-state index in [1.807, 2.05) is 25.1 Å². The Kier molecular flexibility index (Phi) is 5.40. The summed E-state index contributed by atoms with van der Waals surface area (Å²) < 4.78 is 0. The number of nitrogens with zero attached hydrogens (tertiary/aromatic N) is 2. The average molecular weight is 418 g/mol. The quantitative estimate of drug-likeness (QED) is 0.433. The zero-order chi connectivity index (χ0) is 21.1. The maximum absolute atomic E-state index is 12.0. The van der Waals surface area contributed by atoms with Crippen molar-refractivity contribution in [2.24, 2.45) is 0 Å². The standard InChI is InChI=1S/C22H18N4O3S/c1-13-24-20(17-11-18(30-22(17)25-13)14-5-3-2-4-6-14)26-16-9-7-15(8-10-16)21(29)23-12-19(27)28/h2-11H,12H2,1H3,(H,23,29)(H,27,28)(H,24,25,26). The number of aliphatic carboxylic acids is 1. The monoisotopic (exact) mass is 418 g/mol. The molecule has 0 fully saturated rings. The van der Waals surface area contributed by atoms with Gasteiger partial charge in [0.05, 0.1) is 5.39 Å². The summed E-state index contributed by atoms with van der Waals surface area (Å²) in [5.41, 5.74) is 2.27. The third-order valence-corrected chi connectivity index (χ3v) is 5.45. The van der Waals surface area contributed by atoms with E-state index in [-0.39, 0.29) is 0 Å². The predicted octanol–water partition coefficient (Wildman–Crippen LogP) is 4.22. The largest absolute Gasteiger partial charge is 0.480 e. The third-order valence-electron chi connectivity index (χ3n) is 4.37. The number of benzene rings is 2. The van der Waals surface area contributed by atoms with Crippen LogP contribution in [0.2, 0.25) is 0 Å². The van der Waals surface area contributed by atoms with Crippen molar-refractivity contribution in [2.75, 3.05) is 11.9 Å². The number of hydrogen-bond donors (Lipinski definition) is 3. The van der Waals surface area contributed by atoms with Crippen molar-refractivity contribution in [3.05, 3.63) is 72.1 Å². The number of aromatic nitrogens is 2. The maximum atomic E-state index is 12.0. The van der Waals surface area contributed by atoms with Gasteiger partial charge in [-0.3, -0.25) is 9.59 Å². The van der Waals surface area contributed by atoms with Gasteiger partial charge in [0, 0.05) is 16.1 Å². The minimum atomic E-state index is -1.09. The van der Waals surface area contributed by atoms with Crippen LogP contribution in [0.1, 0.15) is 16.2 Å². The van der Waals surface area contributed by atoms with Crippen LogP contribution in [0.5, 0.6) is 0 Å². The number of carbonyl (C=O) groups excluding carboxylic acids is 1. The van der Waals surface area contributed by atoms with Crippen molar-refractivity contribution in [1.82, 2.24) is 15.3 Å². The lowest BCUT2D eigenvalue weighted by atomic mass is 10.1. The zero-order valence-electron chi connectivity index (χ0n) is 16.0. The van der Waals surface area contributed by atoms with Crippen molar-refractivity contribution in [3.63, 3.8) is 0 Å². The summed E-state index contributed by atoms with van der Waals surface area (Å²) in [5.74, 6) is -0.167. The van der Waals surface area contributed by atoms with Crippen LogP contribution in [-0.4, -0.2) is 33.5 Å². The van der Waals surface area contributed by atoms with E-state index in [9.17, 15) is 9.59 Å². The average Bonchev–Trinajstić information content (AvgIpc) is 3.17. The van der Waals surface area contributed by atoms with Gasteiger partial charge in [-0.1, -0.05) is 30.3 Å². The van der Waals surface area contributed by atoms with Crippen molar-refractivity contribution in [2.45, 2.75) is 6.92 Å². The summed E-state index contributed by atoms with van der Waals surface area (Å²) in [4.78, 5) is 33.7. The van der Waals surface area contributed by atoms with Crippen LogP contribution in [0.3, 0.4) is 0 Å². The number of rotatable bonds is 6. The number of anilines is 2. The van der Waals surface area contributed by atoms with Crippen LogP contribution in [0.25, 0.3) is 20.7 Å². The second kappa shape index (κ2) is 8.30. The number of aryl methyl sites for hydroxylation is 1. The minimum absolute atomic E-state index is 0.382. The van der Waals surface area contributed by atoms with Crippen LogP contribution in [-0.2, 0) is 4.79 Å². The Balaban J connectivity index is 1.60. The lowest BCUT2D eigenvalue weighted by Crippen LogP contribution is -2.29. The van der Waals surface area contributed by atoms with E-state index in [0.717, 1.165) is 26.3 Å². The molecule has 0 saturated heterocycles. The van der Waals surface area contributed by atoms with Crippen LogP contribution >= 0.6 is 11.3 Å². The van der Waals surface area contributed by atoms with E-state index in [0.29, 0.717) is 17.2 Å². The van der Waals surface area contributed by atoms with E-state index in [4.69, 9.17) is 5.11 Å². The number of carboxylic acid groups (broad SMARTS) is 1. The molecule has 0 aliphatic rings. The molecule has 0 spiro atoms. The molecular weight excluding hydrogens is 400 g/mol. The van der Waals surface area contributed by atoms with Crippen LogP contribution < -0.4 is 10.6 Å². The fourth-order valence-corrected chi connectivity index (χ4v) is 4.05. The molecule has 4 aromatic rings. The molecule has 4 rings (SSSR count). The molecule has 0 radical (unpaired) electrons. The van der Waals surface area contributed by atoms with Crippen LogP contribution in [0, 0.1) is 6.92 Å². The summed E-state index contributed by atoms with van der Waals surface area (Å²) >= 11 is 1.61. The molecule has 2 aromatic carbocycles. The number of carboxylic acids is 1. The molecule has 0 aliphatic carbocycles. The van der Waals surface area contributed by atoms with E-state index in [2.05, 4.69) is 38.8 Å². The summed E-state index contributed by atoms with van der Waals surface area (Å²) in [6, 6.07) is 19.0. The summed E-state index contributed by atoms with van der Waals surface area (Å²) in [7, 11) is 0. The Labute approximate surface area is 176 Å². The van der Waals surface area contributed by atoms with Gasteiger partial charge in [0.15, 0.2) is 0 Å². The molecule has 0 aliphatic heterocycles. The SMILES string of the molecule is Cc1nc(Nc2ccc(C(=O)NCC(=O)O)cc2)c2cc(-c3ccccc3)sc2n1. The second-order valence-electron chi connectivity index (χ2n) is 6.59. The first-order valence-corrected chi connectivity index (χ1v) is 10.0. The van der Waals surface area contributed by atoms with Crippen molar-refractivity contribution < 1.29 is 14.7 Å². The molecule has 3 N–H and O–H groups in total. The fourth-order valence-electron chi connectivity index (χ4n) is 2.97. The number of amides is 1. The van der Waals surface area contributed by atoms with Gasteiger partial charge < -0.3 is 15.7 Å². The van der Waals surface area contributed by atoms with Crippen LogP contribution in [0.15, 0.2) is 60.7 Å². The molecule has 0 atom stereocenters. The van der Waals surface area contributed by atoms with Gasteiger partial charge in [-0.05, 0) is 42.8 Å². The number of hydrogen-bond acceptors (Lipinski definition) is 6. The van der Waals surface area contributed by atoms with Gasteiger partial charge in [0.25, 0.3) is 5.91 Å². The Morgan fingerprint density at radius 3 is 2.47 bits per heavy atom. The van der Waals surface area contributed by atoms with Gasteiger partial charge in [0.2, 0.25) is 0 Å². The number of thiophene rings is 1. The smallest absolute Gasteiger partial charge is 0.322 e. The van der Waals surface area contributed by atoms with Gasteiger partial charge in [-0.25, -0.2) is 9.97 Å². The van der Waals surface area contributed by atoms with E-state index >= 15 is 0 Å². The molecule has 7 nitrogen and oxygen atoms in total. The highest BCUT2D eigenvalue weighted by Gasteiger charge is 2.13. The predicted molar refractivity (Wildman–Crippen MR) is 117 cm³/mol. The Morgan fingerprint density at radius 2 is 1.77 bits per heavy atom. The molecule has 0 saturated carbocycles. The number of fused-ring (bicyclic) bond motifs is 1. The Bertz CT molecular complexity index is 1220. The highest BCUT2D eigenvalue weighted by Crippen LogP contribution is 2.36. The third kappa shape index (κ3) is 4.28. The molecule has 30 heavy (non-hydrogen) atoms. The first kappa shape index (κ1) is 19.5. The first-order chi connectivity index (χ1) is 14.5. The number of nitrogens with one attached hydrogen (secondary N) is 2. The van der Waals surface area contributed by atoms with E-state index in [1.54, 1.807) is 35.6 Å². The molecule has 150 valence electrons. The van der Waals surface area contributed by atoms with E-state index < -0.39 is 18.4 Å². The highest BCUT2D eigenvalue weighted by atomic mass is 32.1. The molecular formula is C22H18N4O3S. The van der Waals surface area contributed by atoms with Gasteiger partial charge in [-0.15, -0.1) is 11.3 Å². The normalized spacial score (nSPS) is 10.7. The lowest BCUT2D eigenvalue weighted by molar-refractivity contribution is -0.135. The van der Waals surface area contributed by atoms with Crippen LogP contribution in [0.4, 0.5) is 11.5 Å². The van der Waals surface area contributed by atoms with Gasteiger partial charge >= 0.3 is 5.97 Å². The summed E-state index contributed by atoms with van der Waals surface area (Å²) in [6.45, 7) is 1.43. The molecule has 0 unspecified atom stereocenters. The molecule has 2 heterocycles. The topological polar surface area (TPSA) is 104 Å². The van der Waals surface area contributed by atoms with Gasteiger partial charge in [-0.2, -0.15) is 0 Å². The maximum Gasteiger partial charge on any atom is 0.322 e. The van der Waals surface area contributed by atoms with Crippen molar-refractivity contribution >= 4 is 44.9 Å². The fraction of sp³-hybridized carbons (Fsp3) is 0.0909. The minimum Gasteiger partial charge on any atom is -0.480 e. The molecule has 1 amide bonds. The number of carbonyl (C=O) groups is 2. The van der Waals surface area contributed by atoms with Crippen molar-refractivity contribution in [1.29, 1.82) is 0 Å². The first-order valence-electron chi connectivity index (χ1n) is 9.20. The van der Waals surface area contributed by atoms with E-state index in [1.165, 1.54) is 0 Å². The summed E-state index contributed by atoms with van der Waals surface area (Å²) in [6.07, 6.45) is 0. The molecule has 0 bridgehead atoms. The Hall–Kier alpha value is -3.78.